The first-order valence-electron chi connectivity index (χ1n) is 7.35. The molecule has 21 heavy (non-hydrogen) atoms. The molecule has 0 unspecified atom stereocenters. The standard InChI is InChI=1S/C18H19BrN2/c1-4-9-20-17-11(2)12(3)21-18-14-8-6-5-7-13(14)16(19)10-15(17)18/h5-8,10H,4,9H2,1-3H3,(H,20,21). The van der Waals surface area contributed by atoms with Gasteiger partial charge in [-0.15, -0.1) is 0 Å². The van der Waals surface area contributed by atoms with Gasteiger partial charge in [0.15, 0.2) is 0 Å². The third kappa shape index (κ3) is 2.40. The van der Waals surface area contributed by atoms with E-state index in [0.29, 0.717) is 0 Å². The van der Waals surface area contributed by atoms with E-state index >= 15 is 0 Å². The van der Waals surface area contributed by atoms with Gasteiger partial charge in [0.1, 0.15) is 0 Å². The molecule has 0 aliphatic carbocycles. The van der Waals surface area contributed by atoms with Crippen LogP contribution in [0.15, 0.2) is 34.8 Å². The lowest BCUT2D eigenvalue weighted by Crippen LogP contribution is -2.05. The molecule has 1 heterocycles. The van der Waals surface area contributed by atoms with Crippen molar-refractivity contribution in [2.75, 3.05) is 11.9 Å². The molecule has 0 radical (unpaired) electrons. The maximum Gasteiger partial charge on any atom is 0.0805 e. The summed E-state index contributed by atoms with van der Waals surface area (Å²) in [5, 5.41) is 7.18. The molecule has 0 spiro atoms. The summed E-state index contributed by atoms with van der Waals surface area (Å²) in [5.41, 5.74) is 4.62. The van der Waals surface area contributed by atoms with Crippen LogP contribution >= 0.6 is 15.9 Å². The number of nitrogens with one attached hydrogen (secondary N) is 1. The van der Waals surface area contributed by atoms with Crippen LogP contribution in [0.3, 0.4) is 0 Å². The summed E-state index contributed by atoms with van der Waals surface area (Å²) in [6.07, 6.45) is 1.11. The monoisotopic (exact) mass is 342 g/mol. The van der Waals surface area contributed by atoms with E-state index in [1.54, 1.807) is 0 Å². The molecule has 0 aliphatic rings. The average molecular weight is 343 g/mol. The second-order valence-corrected chi connectivity index (χ2v) is 6.28. The molecule has 0 atom stereocenters. The van der Waals surface area contributed by atoms with E-state index in [1.807, 2.05) is 0 Å². The number of hydrogen-bond acceptors (Lipinski definition) is 2. The van der Waals surface area contributed by atoms with Crippen molar-refractivity contribution in [3.8, 4) is 0 Å². The third-order valence-corrected chi connectivity index (χ3v) is 4.64. The summed E-state index contributed by atoms with van der Waals surface area (Å²) >= 11 is 3.71. The fourth-order valence-electron chi connectivity index (χ4n) is 2.74. The van der Waals surface area contributed by atoms with Crippen molar-refractivity contribution >= 4 is 43.3 Å². The number of pyridine rings is 1. The molecule has 3 heteroatoms. The van der Waals surface area contributed by atoms with E-state index in [4.69, 9.17) is 4.98 Å². The molecule has 3 rings (SSSR count). The minimum Gasteiger partial charge on any atom is -0.384 e. The molecule has 3 aromatic rings. The first-order chi connectivity index (χ1) is 10.1. The zero-order chi connectivity index (χ0) is 15.0. The van der Waals surface area contributed by atoms with Gasteiger partial charge in [0.25, 0.3) is 0 Å². The summed E-state index contributed by atoms with van der Waals surface area (Å²) in [6.45, 7) is 7.39. The fraction of sp³-hybridized carbons (Fsp3) is 0.278. The minimum absolute atomic E-state index is 0.976. The molecule has 108 valence electrons. The van der Waals surface area contributed by atoms with Gasteiger partial charge < -0.3 is 5.32 Å². The Morgan fingerprint density at radius 2 is 1.81 bits per heavy atom. The van der Waals surface area contributed by atoms with Gasteiger partial charge in [0, 0.05) is 33.2 Å². The predicted molar refractivity (Wildman–Crippen MR) is 95.2 cm³/mol. The topological polar surface area (TPSA) is 24.9 Å². The molecule has 0 bridgehead atoms. The Morgan fingerprint density at radius 1 is 1.10 bits per heavy atom. The first kappa shape index (κ1) is 14.3. The Balaban J connectivity index is 2.43. The highest BCUT2D eigenvalue weighted by atomic mass is 79.9. The first-order valence-corrected chi connectivity index (χ1v) is 8.14. The number of benzene rings is 2. The Bertz CT molecular complexity index is 824. The van der Waals surface area contributed by atoms with Crippen LogP contribution in [0.4, 0.5) is 5.69 Å². The molecule has 0 fully saturated rings. The van der Waals surface area contributed by atoms with Crippen molar-refractivity contribution in [2.45, 2.75) is 27.2 Å². The van der Waals surface area contributed by atoms with Gasteiger partial charge in [-0.25, -0.2) is 0 Å². The van der Waals surface area contributed by atoms with Crippen LogP contribution in [0.25, 0.3) is 21.7 Å². The molecule has 0 amide bonds. The molecular weight excluding hydrogens is 324 g/mol. The maximum absolute atomic E-state index is 4.85. The number of rotatable bonds is 3. The lowest BCUT2D eigenvalue weighted by molar-refractivity contribution is 0.977. The second kappa shape index (κ2) is 5.64. The summed E-state index contributed by atoms with van der Waals surface area (Å²) < 4.78 is 1.12. The summed E-state index contributed by atoms with van der Waals surface area (Å²) in [6, 6.07) is 10.6. The van der Waals surface area contributed by atoms with Crippen molar-refractivity contribution < 1.29 is 0 Å². The normalized spacial score (nSPS) is 11.2. The van der Waals surface area contributed by atoms with Crippen LogP contribution in [0.5, 0.6) is 0 Å². The molecule has 1 N–H and O–H groups in total. The average Bonchev–Trinajstić information content (AvgIpc) is 2.49. The van der Waals surface area contributed by atoms with Gasteiger partial charge in [0.05, 0.1) is 5.52 Å². The number of fused-ring (bicyclic) bond motifs is 3. The highest BCUT2D eigenvalue weighted by Gasteiger charge is 2.13. The van der Waals surface area contributed by atoms with Gasteiger partial charge in [-0.05, 0) is 37.3 Å². The maximum atomic E-state index is 4.85. The van der Waals surface area contributed by atoms with Gasteiger partial charge in [0.2, 0.25) is 0 Å². The van der Waals surface area contributed by atoms with Gasteiger partial charge >= 0.3 is 0 Å². The van der Waals surface area contributed by atoms with Crippen LogP contribution in [0.2, 0.25) is 0 Å². The van der Waals surface area contributed by atoms with Crippen LogP contribution in [-0.2, 0) is 0 Å². The zero-order valence-electron chi connectivity index (χ0n) is 12.6. The second-order valence-electron chi connectivity index (χ2n) is 5.42. The Hall–Kier alpha value is -1.61. The fourth-order valence-corrected chi connectivity index (χ4v) is 3.31. The van der Waals surface area contributed by atoms with Crippen molar-refractivity contribution in [3.63, 3.8) is 0 Å². The molecule has 2 aromatic carbocycles. The number of anilines is 1. The van der Waals surface area contributed by atoms with E-state index in [-0.39, 0.29) is 0 Å². The lowest BCUT2D eigenvalue weighted by atomic mass is 10.0. The quantitative estimate of drug-likeness (QED) is 0.627. The summed E-state index contributed by atoms with van der Waals surface area (Å²) in [7, 11) is 0. The Morgan fingerprint density at radius 3 is 2.52 bits per heavy atom. The van der Waals surface area contributed by atoms with Gasteiger partial charge in [-0.2, -0.15) is 0 Å². The van der Waals surface area contributed by atoms with E-state index in [1.165, 1.54) is 27.4 Å². The zero-order valence-corrected chi connectivity index (χ0v) is 14.2. The van der Waals surface area contributed by atoms with Gasteiger partial charge in [-0.1, -0.05) is 47.1 Å². The van der Waals surface area contributed by atoms with Crippen LogP contribution in [0, 0.1) is 13.8 Å². The summed E-state index contributed by atoms with van der Waals surface area (Å²) in [4.78, 5) is 4.85. The van der Waals surface area contributed by atoms with Gasteiger partial charge in [-0.3, -0.25) is 4.98 Å². The highest BCUT2D eigenvalue weighted by Crippen LogP contribution is 2.36. The highest BCUT2D eigenvalue weighted by molar-refractivity contribution is 9.10. The van der Waals surface area contributed by atoms with Crippen molar-refractivity contribution in [2.24, 2.45) is 0 Å². The predicted octanol–water partition coefficient (Wildman–Crippen LogP) is 5.59. The number of nitrogens with zero attached hydrogens (tertiary/aromatic N) is 1. The van der Waals surface area contributed by atoms with Crippen LogP contribution in [-0.4, -0.2) is 11.5 Å². The van der Waals surface area contributed by atoms with Crippen LogP contribution < -0.4 is 5.32 Å². The molecular formula is C18H19BrN2. The number of aryl methyl sites for hydroxylation is 1. The van der Waals surface area contributed by atoms with E-state index in [2.05, 4.69) is 72.3 Å². The molecule has 0 aliphatic heterocycles. The molecule has 0 saturated heterocycles. The van der Waals surface area contributed by atoms with Crippen LogP contribution in [0.1, 0.15) is 24.6 Å². The van der Waals surface area contributed by atoms with E-state index in [9.17, 15) is 0 Å². The molecule has 0 saturated carbocycles. The SMILES string of the molecule is CCCNc1c(C)c(C)nc2c1cc(Br)c1ccccc12. The Labute approximate surface area is 133 Å². The molecule has 2 nitrogen and oxygen atoms in total. The molecule has 1 aromatic heterocycles. The summed E-state index contributed by atoms with van der Waals surface area (Å²) in [5.74, 6) is 0. The third-order valence-electron chi connectivity index (χ3n) is 3.98. The largest absolute Gasteiger partial charge is 0.384 e. The minimum atomic E-state index is 0.976. The van der Waals surface area contributed by atoms with E-state index < -0.39 is 0 Å². The number of hydrogen-bond donors (Lipinski definition) is 1. The van der Waals surface area contributed by atoms with Crippen molar-refractivity contribution in [3.05, 3.63) is 46.1 Å². The van der Waals surface area contributed by atoms with Crippen molar-refractivity contribution in [1.82, 2.24) is 4.98 Å². The van der Waals surface area contributed by atoms with E-state index in [0.717, 1.165) is 28.6 Å². The number of aromatic nitrogens is 1. The Kier molecular flexibility index (Phi) is 3.85. The van der Waals surface area contributed by atoms with Crippen molar-refractivity contribution in [1.29, 1.82) is 0 Å². The lowest BCUT2D eigenvalue weighted by Gasteiger charge is -2.16. The smallest absolute Gasteiger partial charge is 0.0805 e. The number of halogens is 1.